The molecule has 0 unspecified atom stereocenters. The van der Waals surface area contributed by atoms with Gasteiger partial charge in [0, 0.05) is 5.56 Å². The highest BCUT2D eigenvalue weighted by Gasteiger charge is 2.15. The molecular formula is C30H36N4S2. The fourth-order valence-corrected chi connectivity index (χ4v) is 5.64. The van der Waals surface area contributed by atoms with Crippen LogP contribution in [0.15, 0.2) is 48.5 Å². The quantitative estimate of drug-likeness (QED) is 0.233. The fourth-order valence-electron chi connectivity index (χ4n) is 4.47. The Hall–Kier alpha value is -2.70. The average molecular weight is 517 g/mol. The summed E-state index contributed by atoms with van der Waals surface area (Å²) in [5, 5.41) is 0. The summed E-state index contributed by atoms with van der Waals surface area (Å²) in [4.78, 5) is 0. The van der Waals surface area contributed by atoms with E-state index >= 15 is 0 Å². The first-order valence-electron chi connectivity index (χ1n) is 12.8. The summed E-state index contributed by atoms with van der Waals surface area (Å²) >= 11 is 2.62. The molecule has 0 saturated carbocycles. The molecule has 6 heteroatoms. The summed E-state index contributed by atoms with van der Waals surface area (Å²) in [6.45, 7) is 17.6. The summed E-state index contributed by atoms with van der Waals surface area (Å²) < 4.78 is 17.9. The smallest absolute Gasteiger partial charge is 0.112 e. The Morgan fingerprint density at radius 2 is 0.833 bits per heavy atom. The lowest BCUT2D eigenvalue weighted by Gasteiger charge is -2.10. The largest absolute Gasteiger partial charge is 0.173 e. The SMILES string of the molecule is CC(C)c1ccc(-c2ccc(C(C)C)c3nsnc23)cc1.CC(C)c1ccc(C(C)C)c2nsnc12. The van der Waals surface area contributed by atoms with E-state index < -0.39 is 0 Å². The molecule has 0 amide bonds. The van der Waals surface area contributed by atoms with Crippen LogP contribution in [0, 0.1) is 0 Å². The van der Waals surface area contributed by atoms with Crippen LogP contribution in [0.25, 0.3) is 33.2 Å². The molecule has 0 radical (unpaired) electrons. The zero-order valence-corrected chi connectivity index (χ0v) is 24.2. The molecule has 2 aromatic heterocycles. The van der Waals surface area contributed by atoms with Crippen molar-refractivity contribution in [2.24, 2.45) is 0 Å². The van der Waals surface area contributed by atoms with Gasteiger partial charge in [-0.1, -0.05) is 104 Å². The molecule has 0 spiro atoms. The van der Waals surface area contributed by atoms with Gasteiger partial charge in [0.25, 0.3) is 0 Å². The molecule has 0 aliphatic rings. The van der Waals surface area contributed by atoms with E-state index in [1.807, 2.05) is 0 Å². The van der Waals surface area contributed by atoms with Crippen LogP contribution >= 0.6 is 23.5 Å². The molecular weight excluding hydrogens is 480 g/mol. The minimum atomic E-state index is 0.466. The van der Waals surface area contributed by atoms with Gasteiger partial charge in [-0.2, -0.15) is 17.5 Å². The number of hydrogen-bond donors (Lipinski definition) is 0. The lowest BCUT2D eigenvalue weighted by molar-refractivity contribution is 0.856. The average Bonchev–Trinajstić information content (AvgIpc) is 3.53. The minimum absolute atomic E-state index is 0.466. The van der Waals surface area contributed by atoms with E-state index in [0.717, 1.165) is 22.1 Å². The second-order valence-electron chi connectivity index (χ2n) is 10.6. The highest BCUT2D eigenvalue weighted by atomic mass is 32.1. The summed E-state index contributed by atoms with van der Waals surface area (Å²) in [5.74, 6) is 2.05. The number of rotatable bonds is 5. The summed E-state index contributed by atoms with van der Waals surface area (Å²) in [6.07, 6.45) is 0. The highest BCUT2D eigenvalue weighted by molar-refractivity contribution is 7.00. The number of aromatic nitrogens is 4. The Morgan fingerprint density at radius 1 is 0.444 bits per heavy atom. The molecule has 0 fully saturated rings. The molecule has 0 aliphatic heterocycles. The zero-order chi connectivity index (χ0) is 26.0. The Labute approximate surface area is 223 Å². The molecule has 188 valence electrons. The molecule has 2 heterocycles. The van der Waals surface area contributed by atoms with E-state index in [1.54, 1.807) is 0 Å². The predicted molar refractivity (Wildman–Crippen MR) is 157 cm³/mol. The van der Waals surface area contributed by atoms with Crippen molar-refractivity contribution in [2.45, 2.75) is 79.1 Å². The van der Waals surface area contributed by atoms with E-state index in [-0.39, 0.29) is 0 Å². The van der Waals surface area contributed by atoms with Gasteiger partial charge in [0.1, 0.15) is 22.1 Å². The number of benzene rings is 3. The van der Waals surface area contributed by atoms with Crippen LogP contribution in [-0.2, 0) is 0 Å². The zero-order valence-electron chi connectivity index (χ0n) is 22.5. The maximum absolute atomic E-state index is 4.53. The van der Waals surface area contributed by atoms with Crippen LogP contribution in [0.5, 0.6) is 0 Å². The van der Waals surface area contributed by atoms with Crippen molar-refractivity contribution < 1.29 is 0 Å². The van der Waals surface area contributed by atoms with Gasteiger partial charge < -0.3 is 0 Å². The lowest BCUT2D eigenvalue weighted by Crippen LogP contribution is -1.94. The molecule has 0 saturated heterocycles. The van der Waals surface area contributed by atoms with Crippen molar-refractivity contribution in [3.63, 3.8) is 0 Å². The van der Waals surface area contributed by atoms with Gasteiger partial charge in [-0.3, -0.25) is 0 Å². The van der Waals surface area contributed by atoms with Crippen molar-refractivity contribution in [1.29, 1.82) is 0 Å². The van der Waals surface area contributed by atoms with Gasteiger partial charge in [-0.05, 0) is 51.5 Å². The second kappa shape index (κ2) is 11.1. The molecule has 5 aromatic rings. The first kappa shape index (κ1) is 26.4. The molecule has 0 bridgehead atoms. The number of nitrogens with zero attached hydrogens (tertiary/aromatic N) is 4. The van der Waals surface area contributed by atoms with Crippen LogP contribution < -0.4 is 0 Å². The Balaban J connectivity index is 0.000000179. The first-order chi connectivity index (χ1) is 17.2. The Kier molecular flexibility index (Phi) is 8.16. The molecule has 0 atom stereocenters. The maximum atomic E-state index is 4.53. The normalized spacial score (nSPS) is 11.8. The third kappa shape index (κ3) is 5.35. The van der Waals surface area contributed by atoms with Crippen LogP contribution in [0.1, 0.15) is 101 Å². The predicted octanol–water partition coefficient (Wildman–Crippen LogP) is 9.54. The minimum Gasteiger partial charge on any atom is -0.173 e. The Bertz CT molecular complexity index is 1400. The van der Waals surface area contributed by atoms with Gasteiger partial charge in [0.05, 0.1) is 23.5 Å². The van der Waals surface area contributed by atoms with Crippen molar-refractivity contribution >= 4 is 45.5 Å². The van der Waals surface area contributed by atoms with Gasteiger partial charge in [-0.25, -0.2) is 0 Å². The van der Waals surface area contributed by atoms with Crippen molar-refractivity contribution in [3.8, 4) is 11.1 Å². The van der Waals surface area contributed by atoms with Crippen LogP contribution in [0.2, 0.25) is 0 Å². The molecule has 4 nitrogen and oxygen atoms in total. The fraction of sp³-hybridized carbons (Fsp3) is 0.400. The first-order valence-corrected chi connectivity index (χ1v) is 14.3. The van der Waals surface area contributed by atoms with Gasteiger partial charge in [-0.15, -0.1) is 0 Å². The molecule has 3 aromatic carbocycles. The Morgan fingerprint density at radius 3 is 1.25 bits per heavy atom. The topological polar surface area (TPSA) is 51.6 Å². The summed E-state index contributed by atoms with van der Waals surface area (Å²) in [7, 11) is 0. The van der Waals surface area contributed by atoms with E-state index in [1.165, 1.54) is 56.8 Å². The van der Waals surface area contributed by atoms with E-state index in [9.17, 15) is 0 Å². The van der Waals surface area contributed by atoms with Crippen LogP contribution in [-0.4, -0.2) is 17.5 Å². The standard InChI is InChI=1S/C18H20N2S.C12H16N2S/c1-11(2)13-5-7-14(8-6-13)16-10-9-15(12(3)4)17-18(16)20-21-19-17;1-7(2)9-5-6-10(8(3)4)12-11(9)13-15-14-12/h5-12H,1-4H3;5-8H,1-4H3. The summed E-state index contributed by atoms with van der Waals surface area (Å²) in [5.41, 5.74) is 11.9. The van der Waals surface area contributed by atoms with Gasteiger partial charge >= 0.3 is 0 Å². The number of fused-ring (bicyclic) bond motifs is 2. The van der Waals surface area contributed by atoms with E-state index in [0.29, 0.717) is 23.7 Å². The molecule has 36 heavy (non-hydrogen) atoms. The van der Waals surface area contributed by atoms with E-state index in [4.69, 9.17) is 0 Å². The highest BCUT2D eigenvalue weighted by Crippen LogP contribution is 2.33. The summed E-state index contributed by atoms with van der Waals surface area (Å²) in [6, 6.07) is 17.6. The third-order valence-corrected chi connectivity index (χ3v) is 7.74. The number of hydrogen-bond acceptors (Lipinski definition) is 6. The monoisotopic (exact) mass is 516 g/mol. The second-order valence-corrected chi connectivity index (χ2v) is 11.7. The molecule has 0 aliphatic carbocycles. The van der Waals surface area contributed by atoms with Crippen LogP contribution in [0.4, 0.5) is 0 Å². The van der Waals surface area contributed by atoms with Crippen molar-refractivity contribution in [3.05, 3.63) is 70.8 Å². The molecule has 5 rings (SSSR count). The maximum Gasteiger partial charge on any atom is 0.112 e. The molecule has 0 N–H and O–H groups in total. The van der Waals surface area contributed by atoms with Crippen molar-refractivity contribution in [2.75, 3.05) is 0 Å². The third-order valence-electron chi connectivity index (χ3n) is 6.68. The van der Waals surface area contributed by atoms with Crippen LogP contribution in [0.3, 0.4) is 0 Å². The van der Waals surface area contributed by atoms with Gasteiger partial charge in [0.15, 0.2) is 0 Å². The van der Waals surface area contributed by atoms with Gasteiger partial charge in [0.2, 0.25) is 0 Å². The van der Waals surface area contributed by atoms with Crippen molar-refractivity contribution in [1.82, 2.24) is 17.5 Å². The lowest BCUT2D eigenvalue weighted by atomic mass is 9.94. The van der Waals surface area contributed by atoms with E-state index in [2.05, 4.69) is 121 Å².